The molecule has 106 valence electrons. The van der Waals surface area contributed by atoms with Crippen molar-refractivity contribution in [3.05, 3.63) is 35.7 Å². The van der Waals surface area contributed by atoms with Crippen LogP contribution in [0.25, 0.3) is 0 Å². The predicted molar refractivity (Wildman–Crippen MR) is 79.2 cm³/mol. The van der Waals surface area contributed by atoms with Gasteiger partial charge in [-0.3, -0.25) is 0 Å². The summed E-state index contributed by atoms with van der Waals surface area (Å²) in [6, 6.07) is 3.60. The van der Waals surface area contributed by atoms with Crippen LogP contribution in [0, 0.1) is 6.92 Å². The average Bonchev–Trinajstić information content (AvgIpc) is 2.35. The minimum atomic E-state index is -0.142. The standard InChI is InChI=1S/C14H20N6/c1-9-16-6-5-10(18-9)8-17-12-7-11(15)19-13(20-12)14(2,3)4/h5-7H,8H2,1-4H3,(H3,15,17,19,20). The van der Waals surface area contributed by atoms with Gasteiger partial charge in [0.15, 0.2) is 0 Å². The molecule has 0 saturated carbocycles. The lowest BCUT2D eigenvalue weighted by molar-refractivity contribution is 0.547. The van der Waals surface area contributed by atoms with Crippen LogP contribution in [0.1, 0.15) is 38.1 Å². The van der Waals surface area contributed by atoms with E-state index in [1.165, 1.54) is 0 Å². The molecule has 0 unspecified atom stereocenters. The number of nitrogens with zero attached hydrogens (tertiary/aromatic N) is 4. The summed E-state index contributed by atoms with van der Waals surface area (Å²) in [4.78, 5) is 17.2. The third-order valence-corrected chi connectivity index (χ3v) is 2.70. The summed E-state index contributed by atoms with van der Waals surface area (Å²) in [5, 5.41) is 3.22. The van der Waals surface area contributed by atoms with Crippen molar-refractivity contribution >= 4 is 11.6 Å². The van der Waals surface area contributed by atoms with Crippen molar-refractivity contribution in [2.24, 2.45) is 0 Å². The molecule has 0 amide bonds. The van der Waals surface area contributed by atoms with Gasteiger partial charge in [0.05, 0.1) is 12.2 Å². The highest BCUT2D eigenvalue weighted by molar-refractivity contribution is 5.45. The van der Waals surface area contributed by atoms with Gasteiger partial charge in [-0.1, -0.05) is 20.8 Å². The molecule has 0 aliphatic rings. The third-order valence-electron chi connectivity index (χ3n) is 2.70. The van der Waals surface area contributed by atoms with E-state index in [0.29, 0.717) is 18.2 Å². The van der Waals surface area contributed by atoms with Crippen LogP contribution in [0.4, 0.5) is 11.6 Å². The first-order valence-electron chi connectivity index (χ1n) is 6.52. The molecule has 0 radical (unpaired) electrons. The van der Waals surface area contributed by atoms with Crippen LogP contribution < -0.4 is 11.1 Å². The second-order valence-electron chi connectivity index (χ2n) is 5.70. The fourth-order valence-corrected chi connectivity index (χ4v) is 1.68. The molecule has 0 aliphatic heterocycles. The van der Waals surface area contributed by atoms with E-state index in [0.717, 1.165) is 17.3 Å². The van der Waals surface area contributed by atoms with Crippen molar-refractivity contribution in [3.8, 4) is 0 Å². The molecule has 0 atom stereocenters. The summed E-state index contributed by atoms with van der Waals surface area (Å²) in [6.45, 7) is 8.60. The summed E-state index contributed by atoms with van der Waals surface area (Å²) < 4.78 is 0. The molecule has 0 bridgehead atoms. The number of nitrogen functional groups attached to an aromatic ring is 1. The summed E-state index contributed by atoms with van der Waals surface area (Å²) in [5.41, 5.74) is 6.60. The SMILES string of the molecule is Cc1nccc(CNc2cc(N)nc(C(C)(C)C)n2)n1. The molecule has 6 heteroatoms. The first-order chi connectivity index (χ1) is 9.34. The maximum absolute atomic E-state index is 5.83. The Morgan fingerprint density at radius 1 is 1.20 bits per heavy atom. The Labute approximate surface area is 118 Å². The number of nitrogens with one attached hydrogen (secondary N) is 1. The predicted octanol–water partition coefficient (Wildman–Crippen LogP) is 2.07. The first kappa shape index (κ1) is 14.2. The van der Waals surface area contributed by atoms with Gasteiger partial charge in [0, 0.05) is 17.7 Å². The van der Waals surface area contributed by atoms with E-state index in [1.54, 1.807) is 12.3 Å². The van der Waals surface area contributed by atoms with Crippen molar-refractivity contribution < 1.29 is 0 Å². The van der Waals surface area contributed by atoms with Crippen LogP contribution >= 0.6 is 0 Å². The van der Waals surface area contributed by atoms with Crippen molar-refractivity contribution in [1.29, 1.82) is 0 Å². The fourth-order valence-electron chi connectivity index (χ4n) is 1.68. The summed E-state index contributed by atoms with van der Waals surface area (Å²) in [7, 11) is 0. The number of aryl methyl sites for hydroxylation is 1. The molecule has 20 heavy (non-hydrogen) atoms. The molecule has 0 aromatic carbocycles. The maximum Gasteiger partial charge on any atom is 0.138 e. The largest absolute Gasteiger partial charge is 0.384 e. The molecule has 3 N–H and O–H groups in total. The van der Waals surface area contributed by atoms with Gasteiger partial charge in [0.2, 0.25) is 0 Å². The lowest BCUT2D eigenvalue weighted by Gasteiger charge is -2.18. The van der Waals surface area contributed by atoms with E-state index in [9.17, 15) is 0 Å². The highest BCUT2D eigenvalue weighted by atomic mass is 15.1. The number of hydrogen-bond donors (Lipinski definition) is 2. The van der Waals surface area contributed by atoms with E-state index < -0.39 is 0 Å². The number of anilines is 2. The molecule has 0 aliphatic carbocycles. The monoisotopic (exact) mass is 272 g/mol. The second-order valence-corrected chi connectivity index (χ2v) is 5.70. The van der Waals surface area contributed by atoms with Gasteiger partial charge in [-0.15, -0.1) is 0 Å². The molecule has 0 saturated heterocycles. The average molecular weight is 272 g/mol. The van der Waals surface area contributed by atoms with Crippen molar-refractivity contribution in [2.45, 2.75) is 39.7 Å². The lowest BCUT2D eigenvalue weighted by Crippen LogP contribution is -2.18. The molecule has 2 heterocycles. The quantitative estimate of drug-likeness (QED) is 0.889. The van der Waals surface area contributed by atoms with Gasteiger partial charge in [-0.2, -0.15) is 0 Å². The second kappa shape index (κ2) is 5.40. The zero-order valence-electron chi connectivity index (χ0n) is 12.3. The molecule has 2 aromatic heterocycles. The highest BCUT2D eigenvalue weighted by Crippen LogP contribution is 2.21. The van der Waals surface area contributed by atoms with Crippen LogP contribution in [0.5, 0.6) is 0 Å². The zero-order chi connectivity index (χ0) is 14.8. The maximum atomic E-state index is 5.83. The smallest absolute Gasteiger partial charge is 0.138 e. The molecular formula is C14H20N6. The topological polar surface area (TPSA) is 89.6 Å². The van der Waals surface area contributed by atoms with E-state index in [-0.39, 0.29) is 5.41 Å². The van der Waals surface area contributed by atoms with Crippen LogP contribution in [-0.4, -0.2) is 19.9 Å². The number of nitrogens with two attached hydrogens (primary N) is 1. The first-order valence-corrected chi connectivity index (χ1v) is 6.52. The van der Waals surface area contributed by atoms with Crippen LogP contribution in [0.15, 0.2) is 18.3 Å². The van der Waals surface area contributed by atoms with Crippen LogP contribution in [0.2, 0.25) is 0 Å². The van der Waals surface area contributed by atoms with Crippen molar-refractivity contribution in [2.75, 3.05) is 11.1 Å². The highest BCUT2D eigenvalue weighted by Gasteiger charge is 2.18. The van der Waals surface area contributed by atoms with Crippen molar-refractivity contribution in [1.82, 2.24) is 19.9 Å². The van der Waals surface area contributed by atoms with E-state index in [2.05, 4.69) is 46.0 Å². The zero-order valence-corrected chi connectivity index (χ0v) is 12.3. The Morgan fingerprint density at radius 2 is 1.95 bits per heavy atom. The van der Waals surface area contributed by atoms with Gasteiger partial charge < -0.3 is 11.1 Å². The molecule has 0 fully saturated rings. The molecular weight excluding hydrogens is 252 g/mol. The molecule has 2 rings (SSSR count). The Bertz CT molecular complexity index is 603. The van der Waals surface area contributed by atoms with Crippen LogP contribution in [0.3, 0.4) is 0 Å². The fraction of sp³-hybridized carbons (Fsp3) is 0.429. The Morgan fingerprint density at radius 3 is 2.60 bits per heavy atom. The van der Waals surface area contributed by atoms with Crippen LogP contribution in [-0.2, 0) is 12.0 Å². The minimum Gasteiger partial charge on any atom is -0.384 e. The van der Waals surface area contributed by atoms with Gasteiger partial charge >= 0.3 is 0 Å². The summed E-state index contributed by atoms with van der Waals surface area (Å²) in [6.07, 6.45) is 1.74. The summed E-state index contributed by atoms with van der Waals surface area (Å²) >= 11 is 0. The Kier molecular flexibility index (Phi) is 3.83. The molecule has 0 spiro atoms. The lowest BCUT2D eigenvalue weighted by atomic mass is 9.96. The van der Waals surface area contributed by atoms with E-state index >= 15 is 0 Å². The molecule has 6 nitrogen and oxygen atoms in total. The van der Waals surface area contributed by atoms with E-state index in [4.69, 9.17) is 5.73 Å². The van der Waals surface area contributed by atoms with Gasteiger partial charge in [-0.05, 0) is 13.0 Å². The van der Waals surface area contributed by atoms with Crippen molar-refractivity contribution in [3.63, 3.8) is 0 Å². The minimum absolute atomic E-state index is 0.142. The number of rotatable bonds is 3. The third kappa shape index (κ3) is 3.63. The number of aromatic nitrogens is 4. The molecule has 2 aromatic rings. The van der Waals surface area contributed by atoms with E-state index in [1.807, 2.05) is 13.0 Å². The number of hydrogen-bond acceptors (Lipinski definition) is 6. The van der Waals surface area contributed by atoms with Gasteiger partial charge in [0.25, 0.3) is 0 Å². The van der Waals surface area contributed by atoms with Gasteiger partial charge in [-0.25, -0.2) is 19.9 Å². The Balaban J connectivity index is 2.16. The summed E-state index contributed by atoms with van der Waals surface area (Å²) in [5.74, 6) is 2.64. The normalized spacial score (nSPS) is 11.4. The Hall–Kier alpha value is -2.24. The van der Waals surface area contributed by atoms with Gasteiger partial charge in [0.1, 0.15) is 23.3 Å².